The molecule has 0 aliphatic carbocycles. The first-order valence-corrected chi connectivity index (χ1v) is 21.8. The van der Waals surface area contributed by atoms with E-state index in [0.717, 1.165) is 12.7 Å². The Bertz CT molecular complexity index is 1750. The molecule has 22 unspecified atom stereocenters. The number of methoxy groups -OCH3 is 2. The van der Waals surface area contributed by atoms with Crippen molar-refractivity contribution in [1.29, 1.82) is 0 Å². The molecular weight excluding hydrogens is 902 g/mol. The van der Waals surface area contributed by atoms with Gasteiger partial charge in [0.1, 0.15) is 109 Å². The van der Waals surface area contributed by atoms with E-state index >= 15 is 0 Å². The SMILES string of the molecule is COC1C(CO)OC(OC2C(CO)OC(OC3C(CO)OC(OC4C(CO)OC(Oc5ccc(CC6NC(=O)C(NC(=O)CN)C6(C)C)cc5)C(O)C4O)C(OC)C3O)C(O)C2O)C(O)C1O. The van der Waals surface area contributed by atoms with Crippen molar-refractivity contribution in [2.24, 2.45) is 11.1 Å². The summed E-state index contributed by atoms with van der Waals surface area (Å²) in [6.45, 7) is 0.282. The maximum Gasteiger partial charge on any atom is 0.243 e. The van der Waals surface area contributed by atoms with Crippen molar-refractivity contribution in [2.75, 3.05) is 47.2 Å². The van der Waals surface area contributed by atoms with Gasteiger partial charge in [0, 0.05) is 25.7 Å². The molecule has 26 heteroatoms. The van der Waals surface area contributed by atoms with Crippen LogP contribution in [0.4, 0.5) is 0 Å². The summed E-state index contributed by atoms with van der Waals surface area (Å²) >= 11 is 0. The molecular formula is C41H65N3O23. The minimum Gasteiger partial charge on any atom is -0.462 e. The fraction of sp³-hybridized carbons (Fsp3) is 0.805. The monoisotopic (exact) mass is 967 g/mol. The van der Waals surface area contributed by atoms with Gasteiger partial charge in [0.2, 0.25) is 18.1 Å². The Labute approximate surface area is 384 Å². The minimum atomic E-state index is -1.99. The highest BCUT2D eigenvalue weighted by molar-refractivity contribution is 5.91. The van der Waals surface area contributed by atoms with Gasteiger partial charge in [0.05, 0.1) is 33.0 Å². The number of benzene rings is 1. The summed E-state index contributed by atoms with van der Waals surface area (Å²) in [5, 5.41) is 124. The van der Waals surface area contributed by atoms with E-state index in [1.807, 2.05) is 13.8 Å². The van der Waals surface area contributed by atoms with Crippen LogP contribution in [0.15, 0.2) is 24.3 Å². The van der Waals surface area contributed by atoms with E-state index in [9.17, 15) is 65.8 Å². The highest BCUT2D eigenvalue weighted by Crippen LogP contribution is 2.37. The molecule has 0 radical (unpaired) electrons. The smallest absolute Gasteiger partial charge is 0.243 e. The Morgan fingerprint density at radius 1 is 0.627 bits per heavy atom. The molecule has 0 saturated carbocycles. The van der Waals surface area contributed by atoms with Crippen LogP contribution in [0.5, 0.6) is 5.75 Å². The summed E-state index contributed by atoms with van der Waals surface area (Å²) < 4.78 is 56.9. The van der Waals surface area contributed by atoms with Gasteiger partial charge in [0.25, 0.3) is 0 Å². The van der Waals surface area contributed by atoms with Crippen molar-refractivity contribution < 1.29 is 113 Å². The van der Waals surface area contributed by atoms with Crippen LogP contribution in [0.3, 0.4) is 0 Å². The quantitative estimate of drug-likeness (QED) is 0.0650. The Kier molecular flexibility index (Phi) is 18.3. The van der Waals surface area contributed by atoms with Crippen LogP contribution in [0, 0.1) is 5.41 Å². The molecule has 0 bridgehead atoms. The van der Waals surface area contributed by atoms with Gasteiger partial charge >= 0.3 is 0 Å². The third kappa shape index (κ3) is 11.2. The Morgan fingerprint density at radius 2 is 1.04 bits per heavy atom. The lowest BCUT2D eigenvalue weighted by atomic mass is 9.78. The number of carbonyl (C=O) groups excluding carboxylic acids is 2. The van der Waals surface area contributed by atoms with Crippen LogP contribution in [0.2, 0.25) is 0 Å². The van der Waals surface area contributed by atoms with Gasteiger partial charge in [-0.3, -0.25) is 9.59 Å². The lowest BCUT2D eigenvalue weighted by molar-refractivity contribution is -0.388. The predicted octanol–water partition coefficient (Wildman–Crippen LogP) is -7.84. The predicted molar refractivity (Wildman–Crippen MR) is 219 cm³/mol. The molecule has 2 amide bonds. The molecule has 67 heavy (non-hydrogen) atoms. The zero-order valence-corrected chi connectivity index (χ0v) is 37.1. The summed E-state index contributed by atoms with van der Waals surface area (Å²) in [5.41, 5.74) is 5.55. The van der Waals surface area contributed by atoms with Gasteiger partial charge in [-0.1, -0.05) is 26.0 Å². The molecule has 15 N–H and O–H groups in total. The van der Waals surface area contributed by atoms with E-state index in [1.165, 1.54) is 7.11 Å². The summed E-state index contributed by atoms with van der Waals surface area (Å²) in [4.78, 5) is 24.6. The lowest BCUT2D eigenvalue weighted by Gasteiger charge is -2.49. The third-order valence-corrected chi connectivity index (χ3v) is 13.0. The number of ether oxygens (including phenoxy) is 10. The van der Waals surface area contributed by atoms with E-state index in [0.29, 0.717) is 6.42 Å². The first kappa shape index (κ1) is 53.5. The number of hydrogen-bond acceptors (Lipinski definition) is 24. The van der Waals surface area contributed by atoms with Crippen molar-refractivity contribution in [2.45, 2.75) is 155 Å². The molecule has 382 valence electrons. The summed E-state index contributed by atoms with van der Waals surface area (Å²) in [7, 11) is 2.38. The molecule has 5 saturated heterocycles. The molecule has 5 fully saturated rings. The van der Waals surface area contributed by atoms with Crippen molar-refractivity contribution in [1.82, 2.24) is 10.6 Å². The van der Waals surface area contributed by atoms with Crippen molar-refractivity contribution in [3.63, 3.8) is 0 Å². The van der Waals surface area contributed by atoms with E-state index in [1.54, 1.807) is 24.3 Å². The highest BCUT2D eigenvalue weighted by Gasteiger charge is 2.56. The first-order valence-electron chi connectivity index (χ1n) is 21.8. The number of hydrogen-bond donors (Lipinski definition) is 14. The van der Waals surface area contributed by atoms with Crippen LogP contribution >= 0.6 is 0 Å². The van der Waals surface area contributed by atoms with E-state index in [2.05, 4.69) is 10.6 Å². The van der Waals surface area contributed by atoms with Crippen LogP contribution in [0.25, 0.3) is 0 Å². The van der Waals surface area contributed by atoms with Gasteiger partial charge in [-0.15, -0.1) is 0 Å². The fourth-order valence-corrected chi connectivity index (χ4v) is 8.98. The van der Waals surface area contributed by atoms with Crippen LogP contribution < -0.4 is 21.1 Å². The molecule has 5 aliphatic heterocycles. The number of nitrogens with two attached hydrogens (primary N) is 1. The van der Waals surface area contributed by atoms with Crippen molar-refractivity contribution in [3.8, 4) is 5.75 Å². The molecule has 1 aromatic carbocycles. The largest absolute Gasteiger partial charge is 0.462 e. The summed E-state index contributed by atoms with van der Waals surface area (Å²) in [6.07, 6.45) is -32.0. The highest BCUT2D eigenvalue weighted by atomic mass is 16.8. The van der Waals surface area contributed by atoms with E-state index < -0.39 is 167 Å². The standard InChI is InChI=1S/C41H65N3O23/c1-41(2)21(43-36(57)35(41)44-22(49)10-42)9-15-5-7-16(8-6-15)60-37-27(54)24(51)32(19(13-47)62-37)67-40-34(59-4)29(56)33(20(14-48)64-40)66-39-28(55)25(52)31(18(12-46)63-39)65-38-26(53)23(50)30(58-3)17(11-45)61-38/h5-8,17-21,23-35,37-40,45-48,50-56H,9-14,42H2,1-4H3,(H,43,57)(H,44,49). The molecule has 0 aromatic heterocycles. The topological polar surface area (TPSA) is 399 Å². The zero-order valence-electron chi connectivity index (χ0n) is 37.1. The second-order valence-electron chi connectivity index (χ2n) is 17.6. The Morgan fingerprint density at radius 3 is 1.52 bits per heavy atom. The van der Waals surface area contributed by atoms with Gasteiger partial charge in [-0.25, -0.2) is 0 Å². The van der Waals surface area contributed by atoms with Crippen LogP contribution in [-0.4, -0.2) is 250 Å². The summed E-state index contributed by atoms with van der Waals surface area (Å²) in [5.74, 6) is -0.585. The maximum absolute atomic E-state index is 12.7. The van der Waals surface area contributed by atoms with E-state index in [4.69, 9.17) is 53.1 Å². The molecule has 1 aromatic rings. The van der Waals surface area contributed by atoms with Gasteiger partial charge < -0.3 is 120 Å². The average molecular weight is 968 g/mol. The number of amides is 2. The number of rotatable bonds is 18. The van der Waals surface area contributed by atoms with E-state index in [-0.39, 0.29) is 24.2 Å². The lowest BCUT2D eigenvalue weighted by Crippen LogP contribution is -2.68. The number of aliphatic hydroxyl groups is 11. The van der Waals surface area contributed by atoms with Crippen LogP contribution in [0.1, 0.15) is 19.4 Å². The number of carbonyl (C=O) groups is 2. The maximum atomic E-state index is 12.7. The van der Waals surface area contributed by atoms with Crippen molar-refractivity contribution >= 4 is 11.8 Å². The van der Waals surface area contributed by atoms with Crippen LogP contribution in [-0.2, 0) is 58.6 Å². The minimum absolute atomic E-state index is 0.204. The fourth-order valence-electron chi connectivity index (χ4n) is 8.98. The second kappa shape index (κ2) is 22.9. The Hall–Kier alpha value is -2.88. The Balaban J connectivity index is 1.06. The molecule has 6 rings (SSSR count). The number of nitrogens with one attached hydrogen (secondary N) is 2. The van der Waals surface area contributed by atoms with Gasteiger partial charge in [-0.2, -0.15) is 0 Å². The average Bonchev–Trinajstić information content (AvgIpc) is 3.52. The van der Waals surface area contributed by atoms with Gasteiger partial charge in [0.15, 0.2) is 18.9 Å². The molecule has 5 heterocycles. The normalized spacial score (nSPS) is 43.4. The zero-order chi connectivity index (χ0) is 49.1. The summed E-state index contributed by atoms with van der Waals surface area (Å²) in [6, 6.07) is 5.45. The van der Waals surface area contributed by atoms with Gasteiger partial charge in [-0.05, 0) is 24.1 Å². The molecule has 0 spiro atoms. The number of aliphatic hydroxyl groups excluding tert-OH is 11. The van der Waals surface area contributed by atoms with Crippen molar-refractivity contribution in [3.05, 3.63) is 29.8 Å². The molecule has 5 aliphatic rings. The molecule has 26 nitrogen and oxygen atoms in total. The second-order valence-corrected chi connectivity index (χ2v) is 17.6. The first-order chi connectivity index (χ1) is 31.9. The molecule has 22 atom stereocenters. The third-order valence-electron chi connectivity index (χ3n) is 13.0.